The summed E-state index contributed by atoms with van der Waals surface area (Å²) in [5, 5.41) is 10.4. The van der Waals surface area contributed by atoms with Crippen molar-refractivity contribution in [3.63, 3.8) is 0 Å². The third kappa shape index (κ3) is 3.33. The van der Waals surface area contributed by atoms with Crippen LogP contribution in [0.3, 0.4) is 0 Å². The lowest BCUT2D eigenvalue weighted by Gasteiger charge is -2.22. The second-order valence-corrected chi connectivity index (χ2v) is 5.83. The molecule has 18 heavy (non-hydrogen) atoms. The molecule has 1 aliphatic rings. The van der Waals surface area contributed by atoms with Gasteiger partial charge in [0.05, 0.1) is 6.10 Å². The number of aliphatic hydroxyl groups excluding tert-OH is 1. The highest BCUT2D eigenvalue weighted by Gasteiger charge is 2.36. The van der Waals surface area contributed by atoms with E-state index in [1.807, 2.05) is 12.1 Å². The molecule has 2 rings (SSSR count). The second-order valence-electron chi connectivity index (χ2n) is 5.83. The Labute approximate surface area is 110 Å². The van der Waals surface area contributed by atoms with Gasteiger partial charge >= 0.3 is 0 Å². The minimum Gasteiger partial charge on any atom is -0.386 e. The fraction of sp³-hybridized carbons (Fsp3) is 0.625. The second kappa shape index (κ2) is 5.85. The van der Waals surface area contributed by atoms with Crippen molar-refractivity contribution in [3.8, 4) is 0 Å². The molecular weight excluding hydrogens is 224 g/mol. The normalized spacial score (nSPS) is 18.9. The van der Waals surface area contributed by atoms with Crippen LogP contribution in [0.5, 0.6) is 0 Å². The Morgan fingerprint density at radius 2 is 2.06 bits per heavy atom. The van der Waals surface area contributed by atoms with E-state index in [4.69, 9.17) is 4.74 Å². The molecule has 0 spiro atoms. The molecule has 100 valence electrons. The van der Waals surface area contributed by atoms with E-state index in [0.29, 0.717) is 11.8 Å². The fourth-order valence-electron chi connectivity index (χ4n) is 2.57. The summed E-state index contributed by atoms with van der Waals surface area (Å²) in [6.45, 7) is 4.43. The molecule has 0 amide bonds. The lowest BCUT2D eigenvalue weighted by Crippen LogP contribution is -2.23. The fourth-order valence-corrected chi connectivity index (χ4v) is 2.57. The Balaban J connectivity index is 2.11. The highest BCUT2D eigenvalue weighted by atomic mass is 16.5. The van der Waals surface area contributed by atoms with Crippen LogP contribution >= 0.6 is 0 Å². The lowest BCUT2D eigenvalue weighted by atomic mass is 9.96. The minimum absolute atomic E-state index is 0.0423. The summed E-state index contributed by atoms with van der Waals surface area (Å²) in [7, 11) is 1.70. The van der Waals surface area contributed by atoms with Crippen LogP contribution in [0.25, 0.3) is 0 Å². The number of aliphatic hydroxyl groups is 1. The molecule has 1 aromatic rings. The summed E-state index contributed by atoms with van der Waals surface area (Å²) in [6, 6.07) is 8.30. The predicted molar refractivity (Wildman–Crippen MR) is 73.5 cm³/mol. The van der Waals surface area contributed by atoms with Gasteiger partial charge in [0.1, 0.15) is 6.10 Å². The maximum atomic E-state index is 10.4. The van der Waals surface area contributed by atoms with Crippen molar-refractivity contribution in [1.82, 2.24) is 0 Å². The van der Waals surface area contributed by atoms with Crippen molar-refractivity contribution in [2.75, 3.05) is 7.11 Å². The van der Waals surface area contributed by atoms with Gasteiger partial charge < -0.3 is 9.84 Å². The summed E-state index contributed by atoms with van der Waals surface area (Å²) >= 11 is 0. The zero-order chi connectivity index (χ0) is 13.1. The van der Waals surface area contributed by atoms with Gasteiger partial charge in [-0.3, -0.25) is 0 Å². The molecule has 2 unspecified atom stereocenters. The molecule has 0 aromatic heterocycles. The van der Waals surface area contributed by atoms with E-state index < -0.39 is 6.10 Å². The smallest absolute Gasteiger partial charge is 0.105 e. The first-order chi connectivity index (χ1) is 8.61. The third-order valence-corrected chi connectivity index (χ3v) is 3.61. The number of methoxy groups -OCH3 is 1. The molecule has 2 atom stereocenters. The van der Waals surface area contributed by atoms with Crippen LogP contribution in [0.1, 0.15) is 43.9 Å². The molecule has 0 heterocycles. The first-order valence-electron chi connectivity index (χ1n) is 6.91. The Morgan fingerprint density at radius 3 is 2.61 bits per heavy atom. The summed E-state index contributed by atoms with van der Waals surface area (Å²) in [5.41, 5.74) is 2.29. The molecule has 1 saturated carbocycles. The largest absolute Gasteiger partial charge is 0.386 e. The van der Waals surface area contributed by atoms with E-state index in [-0.39, 0.29) is 6.10 Å². The first-order valence-corrected chi connectivity index (χ1v) is 6.91. The van der Waals surface area contributed by atoms with E-state index in [9.17, 15) is 5.11 Å². The molecule has 2 nitrogen and oxygen atoms in total. The van der Waals surface area contributed by atoms with E-state index in [2.05, 4.69) is 26.0 Å². The summed E-state index contributed by atoms with van der Waals surface area (Å²) in [5.74, 6) is 1.18. The van der Waals surface area contributed by atoms with Crippen LogP contribution in [0.2, 0.25) is 0 Å². The molecular formula is C16H24O2. The van der Waals surface area contributed by atoms with Gasteiger partial charge in [-0.1, -0.05) is 38.1 Å². The van der Waals surface area contributed by atoms with Crippen LogP contribution in [-0.4, -0.2) is 18.3 Å². The number of ether oxygens (including phenoxy) is 1. The van der Waals surface area contributed by atoms with Crippen molar-refractivity contribution < 1.29 is 9.84 Å². The van der Waals surface area contributed by atoms with Crippen molar-refractivity contribution in [2.45, 2.75) is 45.3 Å². The monoisotopic (exact) mass is 248 g/mol. The summed E-state index contributed by atoms with van der Waals surface area (Å²) in [6.07, 6.45) is 2.89. The van der Waals surface area contributed by atoms with Crippen molar-refractivity contribution in [1.29, 1.82) is 0 Å². The standard InChI is InChI=1S/C16H24O2/c1-11(2)9-12-5-4-6-14(10-12)15(17)16(18-3)13-7-8-13/h4-6,10-11,13,15-17H,7-9H2,1-3H3. The van der Waals surface area contributed by atoms with Crippen LogP contribution in [0.4, 0.5) is 0 Å². The zero-order valence-corrected chi connectivity index (χ0v) is 11.6. The molecule has 2 heteroatoms. The van der Waals surface area contributed by atoms with Gasteiger partial charge in [0.15, 0.2) is 0 Å². The number of benzene rings is 1. The highest BCUT2D eigenvalue weighted by Crippen LogP contribution is 2.39. The van der Waals surface area contributed by atoms with Gasteiger partial charge in [0, 0.05) is 7.11 Å². The van der Waals surface area contributed by atoms with Crippen molar-refractivity contribution in [2.24, 2.45) is 11.8 Å². The Kier molecular flexibility index (Phi) is 4.41. The van der Waals surface area contributed by atoms with Gasteiger partial charge in [0.2, 0.25) is 0 Å². The maximum absolute atomic E-state index is 10.4. The minimum atomic E-state index is -0.491. The van der Waals surface area contributed by atoms with Gasteiger partial charge in [-0.25, -0.2) is 0 Å². The molecule has 1 fully saturated rings. The Morgan fingerprint density at radius 1 is 1.33 bits per heavy atom. The van der Waals surface area contributed by atoms with Crippen molar-refractivity contribution >= 4 is 0 Å². The molecule has 1 N–H and O–H groups in total. The predicted octanol–water partition coefficient (Wildman–Crippen LogP) is 3.34. The topological polar surface area (TPSA) is 29.5 Å². The molecule has 0 saturated heterocycles. The Hall–Kier alpha value is -0.860. The Bertz CT molecular complexity index is 382. The van der Waals surface area contributed by atoms with E-state index in [1.165, 1.54) is 18.4 Å². The molecule has 0 radical (unpaired) electrons. The average molecular weight is 248 g/mol. The number of hydrogen-bond acceptors (Lipinski definition) is 2. The van der Waals surface area contributed by atoms with Crippen LogP contribution in [0.15, 0.2) is 24.3 Å². The van der Waals surface area contributed by atoms with E-state index >= 15 is 0 Å². The van der Waals surface area contributed by atoms with Gasteiger partial charge in [-0.05, 0) is 42.2 Å². The van der Waals surface area contributed by atoms with Crippen LogP contribution < -0.4 is 0 Å². The van der Waals surface area contributed by atoms with E-state index in [0.717, 1.165) is 12.0 Å². The van der Waals surface area contributed by atoms with Gasteiger partial charge in [-0.2, -0.15) is 0 Å². The zero-order valence-electron chi connectivity index (χ0n) is 11.6. The van der Waals surface area contributed by atoms with Crippen LogP contribution in [0, 0.1) is 11.8 Å². The number of rotatable bonds is 6. The molecule has 0 bridgehead atoms. The SMILES string of the molecule is COC(C1CC1)C(O)c1cccc(CC(C)C)c1. The van der Waals surface area contributed by atoms with Crippen molar-refractivity contribution in [3.05, 3.63) is 35.4 Å². The summed E-state index contributed by atoms with van der Waals surface area (Å²) < 4.78 is 5.46. The molecule has 1 aliphatic carbocycles. The average Bonchev–Trinajstić information content (AvgIpc) is 3.14. The molecule has 0 aliphatic heterocycles. The highest BCUT2D eigenvalue weighted by molar-refractivity contribution is 5.26. The molecule has 1 aromatic carbocycles. The summed E-state index contributed by atoms with van der Waals surface area (Å²) in [4.78, 5) is 0. The maximum Gasteiger partial charge on any atom is 0.105 e. The lowest BCUT2D eigenvalue weighted by molar-refractivity contribution is -0.0259. The van der Waals surface area contributed by atoms with Crippen LogP contribution in [-0.2, 0) is 11.2 Å². The number of hydrogen-bond donors (Lipinski definition) is 1. The van der Waals surface area contributed by atoms with Gasteiger partial charge in [-0.15, -0.1) is 0 Å². The van der Waals surface area contributed by atoms with E-state index in [1.54, 1.807) is 7.11 Å². The first kappa shape index (κ1) is 13.6. The van der Waals surface area contributed by atoms with Gasteiger partial charge in [0.25, 0.3) is 0 Å². The quantitative estimate of drug-likeness (QED) is 0.836. The third-order valence-electron chi connectivity index (χ3n) is 3.61.